The fourth-order valence-corrected chi connectivity index (χ4v) is 4.05. The van der Waals surface area contributed by atoms with Gasteiger partial charge in [-0.15, -0.1) is 22.7 Å². The van der Waals surface area contributed by atoms with Gasteiger partial charge in [0, 0.05) is 21.2 Å². The Kier molecular flexibility index (Phi) is 3.78. The van der Waals surface area contributed by atoms with Crippen LogP contribution >= 0.6 is 22.7 Å². The van der Waals surface area contributed by atoms with Crippen LogP contribution in [0.3, 0.4) is 0 Å². The van der Waals surface area contributed by atoms with E-state index in [9.17, 15) is 9.59 Å². The summed E-state index contributed by atoms with van der Waals surface area (Å²) in [5, 5.41) is 7.08. The third-order valence-electron chi connectivity index (χ3n) is 3.97. The number of rotatable bonds is 3. The molecule has 0 saturated heterocycles. The molecule has 3 aromatic heterocycles. The summed E-state index contributed by atoms with van der Waals surface area (Å²) in [5.41, 5.74) is 4.31. The Morgan fingerprint density at radius 3 is 2.84 bits per heavy atom. The fourth-order valence-electron chi connectivity index (χ4n) is 2.47. The third kappa shape index (κ3) is 2.90. The number of thiophene rings is 1. The van der Waals surface area contributed by atoms with Crippen molar-refractivity contribution in [2.75, 3.05) is 5.32 Å². The molecular formula is C17H13N3O3S2. The second-order valence-electron chi connectivity index (χ2n) is 5.55. The number of amides is 1. The molecule has 0 aliphatic heterocycles. The number of nitrogens with zero attached hydrogens (tertiary/aromatic N) is 1. The number of fused-ring (bicyclic) bond motifs is 1. The molecule has 0 unspecified atom stereocenters. The lowest BCUT2D eigenvalue weighted by Gasteiger charge is -2.01. The van der Waals surface area contributed by atoms with Crippen molar-refractivity contribution in [1.29, 1.82) is 0 Å². The Balaban J connectivity index is 1.59. The number of aromatic nitrogens is 2. The average molecular weight is 371 g/mol. The summed E-state index contributed by atoms with van der Waals surface area (Å²) in [7, 11) is 0. The van der Waals surface area contributed by atoms with Crippen LogP contribution in [0.5, 0.6) is 0 Å². The number of nitrogens with one attached hydrogen (secondary N) is 2. The predicted molar refractivity (Wildman–Crippen MR) is 99.7 cm³/mol. The molecule has 8 heteroatoms. The van der Waals surface area contributed by atoms with Crippen LogP contribution in [0.2, 0.25) is 0 Å². The first kappa shape index (κ1) is 15.8. The normalized spacial score (nSPS) is 11.1. The first-order chi connectivity index (χ1) is 12.0. The molecule has 4 aromatic rings. The minimum atomic E-state index is -0.486. The van der Waals surface area contributed by atoms with E-state index in [1.165, 1.54) is 11.3 Å². The van der Waals surface area contributed by atoms with Gasteiger partial charge in [0.15, 0.2) is 10.7 Å². The summed E-state index contributed by atoms with van der Waals surface area (Å²) in [5.74, 6) is -0.644. The molecule has 2 N–H and O–H groups in total. The van der Waals surface area contributed by atoms with Gasteiger partial charge in [0.1, 0.15) is 0 Å². The number of thiazole rings is 1. The Labute approximate surface area is 150 Å². The van der Waals surface area contributed by atoms with Gasteiger partial charge in [0.2, 0.25) is 0 Å². The number of carbonyl (C=O) groups excluding carboxylic acids is 1. The molecule has 1 amide bonds. The molecule has 0 aliphatic rings. The third-order valence-corrected chi connectivity index (χ3v) is 5.74. The zero-order valence-corrected chi connectivity index (χ0v) is 15.0. The zero-order chi connectivity index (χ0) is 17.6. The molecule has 0 spiro atoms. The van der Waals surface area contributed by atoms with Gasteiger partial charge in [0.25, 0.3) is 5.91 Å². The lowest BCUT2D eigenvalue weighted by atomic mass is 10.1. The highest BCUT2D eigenvalue weighted by atomic mass is 32.1. The largest absolute Gasteiger partial charge is 0.417 e. The summed E-state index contributed by atoms with van der Waals surface area (Å²) < 4.78 is 5.07. The molecule has 0 radical (unpaired) electrons. The molecule has 0 bridgehead atoms. The Bertz CT molecular complexity index is 1150. The quantitative estimate of drug-likeness (QED) is 0.566. The fraction of sp³-hybridized carbons (Fsp3) is 0.118. The molecule has 4 rings (SSSR count). The van der Waals surface area contributed by atoms with Gasteiger partial charge in [-0.1, -0.05) is 6.07 Å². The van der Waals surface area contributed by atoms with Gasteiger partial charge in [-0.2, -0.15) is 0 Å². The predicted octanol–water partition coefficient (Wildman–Crippen LogP) is 4.18. The van der Waals surface area contributed by atoms with E-state index in [4.69, 9.17) is 4.42 Å². The number of aryl methyl sites for hydroxylation is 1. The number of benzene rings is 1. The molecule has 0 atom stereocenters. The molecule has 0 aliphatic carbocycles. The maximum absolute atomic E-state index is 12.4. The summed E-state index contributed by atoms with van der Waals surface area (Å²) >= 11 is 2.91. The lowest BCUT2D eigenvalue weighted by molar-refractivity contribution is 0.102. The number of hydrogen-bond acceptors (Lipinski definition) is 6. The standard InChI is InChI=1S/C17H13N3O3S2/c1-8-9(2)24-6-11(8)15(21)20-16-18-13(7-25-16)10-3-4-12-14(5-10)23-17(22)19-12/h3-7H,1-2H3,(H,19,22)(H,18,20,21). The van der Waals surface area contributed by atoms with Crippen molar-refractivity contribution < 1.29 is 9.21 Å². The van der Waals surface area contributed by atoms with Gasteiger partial charge in [0.05, 0.1) is 16.8 Å². The van der Waals surface area contributed by atoms with Gasteiger partial charge >= 0.3 is 5.76 Å². The summed E-state index contributed by atoms with van der Waals surface area (Å²) in [4.78, 5) is 31.8. The van der Waals surface area contributed by atoms with Crippen molar-refractivity contribution in [1.82, 2.24) is 9.97 Å². The number of hydrogen-bond donors (Lipinski definition) is 2. The smallest absolute Gasteiger partial charge is 0.408 e. The van der Waals surface area contributed by atoms with Crippen molar-refractivity contribution in [2.24, 2.45) is 0 Å². The SMILES string of the molecule is Cc1scc(C(=O)Nc2nc(-c3ccc4[nH]c(=O)oc4c3)cs2)c1C. The molecule has 6 nitrogen and oxygen atoms in total. The van der Waals surface area contributed by atoms with E-state index in [2.05, 4.69) is 15.3 Å². The lowest BCUT2D eigenvalue weighted by Crippen LogP contribution is -2.12. The molecular weight excluding hydrogens is 358 g/mol. The molecule has 0 fully saturated rings. The maximum atomic E-state index is 12.4. The Morgan fingerprint density at radius 2 is 2.08 bits per heavy atom. The van der Waals surface area contributed by atoms with Crippen molar-refractivity contribution in [3.63, 3.8) is 0 Å². The van der Waals surface area contributed by atoms with Crippen molar-refractivity contribution in [2.45, 2.75) is 13.8 Å². The Hall–Kier alpha value is -2.71. The Morgan fingerprint density at radius 1 is 1.24 bits per heavy atom. The van der Waals surface area contributed by atoms with Crippen LogP contribution in [0, 0.1) is 13.8 Å². The van der Waals surface area contributed by atoms with Crippen LogP contribution in [-0.4, -0.2) is 15.9 Å². The maximum Gasteiger partial charge on any atom is 0.417 e. The summed E-state index contributed by atoms with van der Waals surface area (Å²) in [6.45, 7) is 3.93. The first-order valence-electron chi connectivity index (χ1n) is 7.46. The van der Waals surface area contributed by atoms with E-state index < -0.39 is 5.76 Å². The van der Waals surface area contributed by atoms with E-state index in [0.717, 1.165) is 16.0 Å². The van der Waals surface area contributed by atoms with Gasteiger partial charge < -0.3 is 4.42 Å². The van der Waals surface area contributed by atoms with Crippen LogP contribution in [0.1, 0.15) is 20.8 Å². The number of aromatic amines is 1. The zero-order valence-electron chi connectivity index (χ0n) is 13.4. The highest BCUT2D eigenvalue weighted by Crippen LogP contribution is 2.28. The number of oxazole rings is 1. The number of carbonyl (C=O) groups is 1. The van der Waals surface area contributed by atoms with E-state index in [-0.39, 0.29) is 5.91 Å². The molecule has 126 valence electrons. The van der Waals surface area contributed by atoms with E-state index in [1.54, 1.807) is 23.5 Å². The molecule has 25 heavy (non-hydrogen) atoms. The highest BCUT2D eigenvalue weighted by molar-refractivity contribution is 7.14. The van der Waals surface area contributed by atoms with Crippen LogP contribution < -0.4 is 11.1 Å². The van der Waals surface area contributed by atoms with Crippen LogP contribution in [0.15, 0.2) is 38.2 Å². The van der Waals surface area contributed by atoms with Crippen LogP contribution in [-0.2, 0) is 0 Å². The molecule has 0 saturated carbocycles. The molecule has 1 aromatic carbocycles. The minimum absolute atomic E-state index is 0.158. The van der Waals surface area contributed by atoms with Crippen LogP contribution in [0.4, 0.5) is 5.13 Å². The second-order valence-corrected chi connectivity index (χ2v) is 7.49. The summed E-state index contributed by atoms with van der Waals surface area (Å²) in [6, 6.07) is 5.37. The minimum Gasteiger partial charge on any atom is -0.408 e. The number of anilines is 1. The molecule has 3 heterocycles. The van der Waals surface area contributed by atoms with Crippen molar-refractivity contribution >= 4 is 44.8 Å². The highest BCUT2D eigenvalue weighted by Gasteiger charge is 2.15. The topological polar surface area (TPSA) is 88.0 Å². The number of H-pyrrole nitrogens is 1. The first-order valence-corrected chi connectivity index (χ1v) is 9.22. The second kappa shape index (κ2) is 5.98. The van der Waals surface area contributed by atoms with Gasteiger partial charge in [-0.3, -0.25) is 15.1 Å². The van der Waals surface area contributed by atoms with Crippen molar-refractivity contribution in [3.8, 4) is 11.3 Å². The average Bonchev–Trinajstić information content (AvgIpc) is 3.26. The van der Waals surface area contributed by atoms with E-state index in [0.29, 0.717) is 27.5 Å². The summed E-state index contributed by atoms with van der Waals surface area (Å²) in [6.07, 6.45) is 0. The van der Waals surface area contributed by atoms with Crippen molar-refractivity contribution in [3.05, 3.63) is 55.5 Å². The van der Waals surface area contributed by atoms with Crippen LogP contribution in [0.25, 0.3) is 22.4 Å². The van der Waals surface area contributed by atoms with E-state index >= 15 is 0 Å². The van der Waals surface area contributed by atoms with Gasteiger partial charge in [-0.05, 0) is 31.5 Å². The van der Waals surface area contributed by atoms with E-state index in [1.807, 2.05) is 30.7 Å². The monoisotopic (exact) mass is 371 g/mol. The van der Waals surface area contributed by atoms with Gasteiger partial charge in [-0.25, -0.2) is 9.78 Å².